The molecule has 8 heteroatoms. The first-order chi connectivity index (χ1) is 15.8. The number of hydrogen-bond donors (Lipinski definition) is 0. The molecule has 0 N–H and O–H groups in total. The SMILES string of the molecule is Cc1cccc(-c2nc(C[S+]([O-])CC(=O)N3CCN(c4cc(Cl)ccc4C)CC3)c(C)o2)c1. The second-order valence-corrected chi connectivity index (χ2v) is 10.3. The molecule has 1 aliphatic rings. The van der Waals surface area contributed by atoms with Crippen molar-refractivity contribution in [3.63, 3.8) is 0 Å². The molecule has 1 unspecified atom stereocenters. The molecular formula is C25H28ClN3O3S. The van der Waals surface area contributed by atoms with Gasteiger partial charge in [-0.3, -0.25) is 4.79 Å². The Morgan fingerprint density at radius 3 is 2.61 bits per heavy atom. The number of carbonyl (C=O) groups is 1. The maximum Gasteiger partial charge on any atom is 0.272 e. The summed E-state index contributed by atoms with van der Waals surface area (Å²) in [6.45, 7) is 8.53. The number of benzene rings is 2. The first-order valence-electron chi connectivity index (χ1n) is 11.0. The summed E-state index contributed by atoms with van der Waals surface area (Å²) in [6, 6.07) is 13.8. The topological polar surface area (TPSA) is 72.6 Å². The van der Waals surface area contributed by atoms with E-state index in [4.69, 9.17) is 16.0 Å². The molecule has 4 rings (SSSR count). The zero-order valence-electron chi connectivity index (χ0n) is 19.1. The van der Waals surface area contributed by atoms with Crippen LogP contribution in [0.1, 0.15) is 22.6 Å². The average Bonchev–Trinajstić information content (AvgIpc) is 3.15. The monoisotopic (exact) mass is 485 g/mol. The van der Waals surface area contributed by atoms with Gasteiger partial charge in [-0.2, -0.15) is 0 Å². The fraction of sp³-hybridized carbons (Fsp3) is 0.360. The van der Waals surface area contributed by atoms with Crippen LogP contribution < -0.4 is 4.90 Å². The van der Waals surface area contributed by atoms with Gasteiger partial charge in [-0.05, 0) is 61.8 Å². The fourth-order valence-corrected chi connectivity index (χ4v) is 5.32. The summed E-state index contributed by atoms with van der Waals surface area (Å²) in [5.41, 5.74) is 4.90. The largest absolute Gasteiger partial charge is 0.616 e. The van der Waals surface area contributed by atoms with Crippen LogP contribution >= 0.6 is 11.6 Å². The molecule has 174 valence electrons. The standard InChI is InChI=1S/C25H28ClN3O3S/c1-17-5-4-6-20(13-17)25-27-22(19(3)32-25)15-33(31)16-24(30)29-11-9-28(10-12-29)23-14-21(26)8-7-18(23)2/h4-8,13-14H,9-12,15-16H2,1-3H3. The molecule has 2 heterocycles. The number of aromatic nitrogens is 1. The summed E-state index contributed by atoms with van der Waals surface area (Å²) in [7, 11) is 0. The van der Waals surface area contributed by atoms with Gasteiger partial charge in [-0.25, -0.2) is 4.98 Å². The number of carbonyl (C=O) groups excluding carboxylic acids is 1. The third-order valence-electron chi connectivity index (χ3n) is 5.88. The van der Waals surface area contributed by atoms with Crippen molar-refractivity contribution < 1.29 is 13.8 Å². The second-order valence-electron chi connectivity index (χ2n) is 8.42. The first kappa shape index (κ1) is 23.7. The normalized spacial score (nSPS) is 15.1. The highest BCUT2D eigenvalue weighted by molar-refractivity contribution is 7.91. The van der Waals surface area contributed by atoms with Gasteiger partial charge in [0, 0.05) is 42.5 Å². The molecule has 0 saturated carbocycles. The van der Waals surface area contributed by atoms with Gasteiger partial charge in [0.2, 0.25) is 5.89 Å². The lowest BCUT2D eigenvalue weighted by Crippen LogP contribution is -2.50. The van der Waals surface area contributed by atoms with E-state index in [1.54, 1.807) is 4.90 Å². The quantitative estimate of drug-likeness (QED) is 0.480. The number of nitrogens with zero attached hydrogens (tertiary/aromatic N) is 3. The highest BCUT2D eigenvalue weighted by atomic mass is 35.5. The fourth-order valence-electron chi connectivity index (χ4n) is 4.02. The Balaban J connectivity index is 1.32. The maximum absolute atomic E-state index is 12.8. The second kappa shape index (κ2) is 10.2. The number of oxazole rings is 1. The number of aryl methyl sites for hydroxylation is 3. The molecule has 1 aliphatic heterocycles. The van der Waals surface area contributed by atoms with Crippen LogP contribution in [0.15, 0.2) is 46.9 Å². The van der Waals surface area contributed by atoms with Gasteiger partial charge in [0.15, 0.2) is 11.5 Å². The van der Waals surface area contributed by atoms with Gasteiger partial charge in [-0.1, -0.05) is 35.4 Å². The number of halogens is 1. The van der Waals surface area contributed by atoms with Gasteiger partial charge in [0.25, 0.3) is 5.91 Å². The van der Waals surface area contributed by atoms with Crippen LogP contribution in [-0.2, 0) is 21.7 Å². The van der Waals surface area contributed by atoms with Crippen molar-refractivity contribution in [2.24, 2.45) is 0 Å². The Bertz CT molecular complexity index is 1140. The van der Waals surface area contributed by atoms with E-state index in [2.05, 4.69) is 16.8 Å². The highest BCUT2D eigenvalue weighted by Gasteiger charge is 2.26. The van der Waals surface area contributed by atoms with Gasteiger partial charge in [-0.15, -0.1) is 0 Å². The van der Waals surface area contributed by atoms with Crippen LogP contribution in [0.2, 0.25) is 5.02 Å². The molecule has 0 radical (unpaired) electrons. The van der Waals surface area contributed by atoms with E-state index in [-0.39, 0.29) is 17.4 Å². The van der Waals surface area contributed by atoms with Crippen LogP contribution in [0.4, 0.5) is 5.69 Å². The van der Waals surface area contributed by atoms with Crippen molar-refractivity contribution in [1.29, 1.82) is 0 Å². The summed E-state index contributed by atoms with van der Waals surface area (Å²) >= 11 is 4.80. The molecular weight excluding hydrogens is 458 g/mol. The smallest absolute Gasteiger partial charge is 0.272 e. The van der Waals surface area contributed by atoms with Gasteiger partial charge in [0.05, 0.1) is 0 Å². The van der Waals surface area contributed by atoms with E-state index >= 15 is 0 Å². The molecule has 1 amide bonds. The van der Waals surface area contributed by atoms with Crippen LogP contribution in [0.25, 0.3) is 11.5 Å². The van der Waals surface area contributed by atoms with Crippen LogP contribution in [0.5, 0.6) is 0 Å². The summed E-state index contributed by atoms with van der Waals surface area (Å²) in [5, 5.41) is 0.707. The van der Waals surface area contributed by atoms with Crippen LogP contribution in [0, 0.1) is 20.8 Å². The number of hydrogen-bond acceptors (Lipinski definition) is 5. The van der Waals surface area contributed by atoms with Crippen molar-refractivity contribution in [2.75, 3.05) is 36.8 Å². The minimum Gasteiger partial charge on any atom is -0.616 e. The zero-order valence-corrected chi connectivity index (χ0v) is 20.7. The first-order valence-corrected chi connectivity index (χ1v) is 12.8. The average molecular weight is 486 g/mol. The molecule has 0 spiro atoms. The van der Waals surface area contributed by atoms with E-state index in [9.17, 15) is 9.35 Å². The molecule has 1 aromatic heterocycles. The Hall–Kier alpha value is -2.48. The van der Waals surface area contributed by atoms with Crippen molar-refractivity contribution in [2.45, 2.75) is 26.5 Å². The number of rotatable bonds is 6. The van der Waals surface area contributed by atoms with E-state index in [1.807, 2.05) is 56.3 Å². The van der Waals surface area contributed by atoms with Crippen LogP contribution in [0.3, 0.4) is 0 Å². The molecule has 33 heavy (non-hydrogen) atoms. The minimum absolute atomic E-state index is 0.0116. The molecule has 0 bridgehead atoms. The zero-order chi connectivity index (χ0) is 23.5. The van der Waals surface area contributed by atoms with Crippen LogP contribution in [-0.4, -0.2) is 52.3 Å². The van der Waals surface area contributed by atoms with Crippen molar-refractivity contribution in [3.05, 3.63) is 70.1 Å². The third-order valence-corrected chi connectivity index (χ3v) is 7.28. The molecule has 2 aromatic carbocycles. The predicted molar refractivity (Wildman–Crippen MR) is 133 cm³/mol. The molecule has 0 aliphatic carbocycles. The van der Waals surface area contributed by atoms with E-state index < -0.39 is 11.2 Å². The molecule has 1 atom stereocenters. The summed E-state index contributed by atoms with van der Waals surface area (Å²) in [6.07, 6.45) is 0. The Morgan fingerprint density at radius 1 is 1.12 bits per heavy atom. The van der Waals surface area contributed by atoms with Gasteiger partial charge >= 0.3 is 0 Å². The van der Waals surface area contributed by atoms with E-state index in [0.29, 0.717) is 35.5 Å². The molecule has 6 nitrogen and oxygen atoms in total. The molecule has 1 fully saturated rings. The number of piperazine rings is 1. The molecule has 1 saturated heterocycles. The lowest BCUT2D eigenvalue weighted by atomic mass is 10.1. The summed E-state index contributed by atoms with van der Waals surface area (Å²) in [5.74, 6) is 1.26. The summed E-state index contributed by atoms with van der Waals surface area (Å²) < 4.78 is 18.5. The number of amides is 1. The Kier molecular flexibility index (Phi) is 7.32. The van der Waals surface area contributed by atoms with Crippen molar-refractivity contribution in [3.8, 4) is 11.5 Å². The molecule has 3 aromatic rings. The lowest BCUT2D eigenvalue weighted by molar-refractivity contribution is -0.128. The van der Waals surface area contributed by atoms with E-state index in [1.165, 1.54) is 0 Å². The maximum atomic E-state index is 12.8. The van der Waals surface area contributed by atoms with Gasteiger partial charge < -0.3 is 18.8 Å². The van der Waals surface area contributed by atoms with Crippen molar-refractivity contribution >= 4 is 34.4 Å². The predicted octanol–water partition coefficient (Wildman–Crippen LogP) is 4.52. The van der Waals surface area contributed by atoms with E-state index in [0.717, 1.165) is 35.5 Å². The Morgan fingerprint density at radius 2 is 1.88 bits per heavy atom. The summed E-state index contributed by atoms with van der Waals surface area (Å²) in [4.78, 5) is 21.3. The Labute approximate surface area is 202 Å². The lowest BCUT2D eigenvalue weighted by Gasteiger charge is -2.36. The van der Waals surface area contributed by atoms with Crippen molar-refractivity contribution in [1.82, 2.24) is 9.88 Å². The minimum atomic E-state index is -1.36. The number of anilines is 1. The highest BCUT2D eigenvalue weighted by Crippen LogP contribution is 2.26. The third kappa shape index (κ3) is 5.72. The van der Waals surface area contributed by atoms with Gasteiger partial charge in [0.1, 0.15) is 11.5 Å².